The smallest absolute Gasteiger partial charge is 0.227 e. The normalized spacial score (nSPS) is 17.0. The number of methoxy groups -OCH3 is 1. The molecule has 0 spiro atoms. The topological polar surface area (TPSA) is 58.2 Å². The third-order valence-electron chi connectivity index (χ3n) is 4.87. The number of H-pyrrole nitrogens is 1. The quantitative estimate of drug-likeness (QED) is 0.779. The van der Waals surface area contributed by atoms with Crippen molar-refractivity contribution < 1.29 is 13.9 Å². The lowest BCUT2D eigenvalue weighted by Gasteiger charge is -2.23. The highest BCUT2D eigenvalue weighted by atomic mass is 19.1. The first-order chi connectivity index (χ1) is 12.6. The number of rotatable bonds is 4. The van der Waals surface area contributed by atoms with Crippen LogP contribution < -0.4 is 4.74 Å². The molecule has 1 atom stereocenters. The van der Waals surface area contributed by atoms with Crippen LogP contribution in [-0.2, 0) is 11.2 Å². The van der Waals surface area contributed by atoms with Crippen LogP contribution >= 0.6 is 0 Å². The zero-order valence-corrected chi connectivity index (χ0v) is 14.5. The molecule has 0 bridgehead atoms. The number of benzene rings is 2. The van der Waals surface area contributed by atoms with Crippen molar-refractivity contribution in [1.82, 2.24) is 14.9 Å². The van der Waals surface area contributed by atoms with E-state index >= 15 is 0 Å². The molecular weight excluding hydrogens is 333 g/mol. The SMILES string of the molecule is COc1ccc(CC(=O)N2CCC[C@H]2c2nc3ccc(F)cc3[nH]2)cc1. The molecule has 0 saturated carbocycles. The molecule has 26 heavy (non-hydrogen) atoms. The second-order valence-electron chi connectivity index (χ2n) is 6.55. The Bertz CT molecular complexity index is 936. The standard InChI is InChI=1S/C20H20FN3O2/c1-26-15-7-4-13(5-8-15)11-19(25)24-10-2-3-18(24)20-22-16-9-6-14(21)12-17(16)23-20/h4-9,12,18H,2-3,10-11H2,1H3,(H,22,23)/t18-/m0/s1. The van der Waals surface area contributed by atoms with Crippen LogP contribution in [0.15, 0.2) is 42.5 Å². The molecule has 2 aromatic carbocycles. The molecule has 1 aromatic heterocycles. The molecule has 0 radical (unpaired) electrons. The number of hydrogen-bond acceptors (Lipinski definition) is 3. The number of fused-ring (bicyclic) bond motifs is 1. The van der Waals surface area contributed by atoms with E-state index in [2.05, 4.69) is 9.97 Å². The average molecular weight is 353 g/mol. The number of ether oxygens (including phenoxy) is 1. The molecule has 1 aliphatic rings. The van der Waals surface area contributed by atoms with E-state index in [9.17, 15) is 9.18 Å². The molecule has 4 rings (SSSR count). The molecule has 1 fully saturated rings. The minimum absolute atomic E-state index is 0.0734. The number of carbonyl (C=O) groups is 1. The summed E-state index contributed by atoms with van der Waals surface area (Å²) in [5, 5.41) is 0. The summed E-state index contributed by atoms with van der Waals surface area (Å²) >= 11 is 0. The Morgan fingerprint density at radius 1 is 1.31 bits per heavy atom. The number of amides is 1. The number of nitrogens with zero attached hydrogens (tertiary/aromatic N) is 2. The summed E-state index contributed by atoms with van der Waals surface area (Å²) in [5.74, 6) is 1.27. The van der Waals surface area contributed by atoms with Crippen molar-refractivity contribution in [2.45, 2.75) is 25.3 Å². The highest BCUT2D eigenvalue weighted by Gasteiger charge is 2.32. The molecule has 1 saturated heterocycles. The van der Waals surface area contributed by atoms with Crippen LogP contribution in [0.1, 0.15) is 30.3 Å². The number of likely N-dealkylation sites (tertiary alicyclic amines) is 1. The first-order valence-electron chi connectivity index (χ1n) is 8.71. The van der Waals surface area contributed by atoms with Gasteiger partial charge >= 0.3 is 0 Å². The van der Waals surface area contributed by atoms with Gasteiger partial charge in [0, 0.05) is 6.54 Å². The molecule has 1 aliphatic heterocycles. The predicted molar refractivity (Wildman–Crippen MR) is 96.4 cm³/mol. The van der Waals surface area contributed by atoms with Gasteiger partial charge in [0.1, 0.15) is 17.4 Å². The minimum atomic E-state index is -0.299. The van der Waals surface area contributed by atoms with E-state index < -0.39 is 0 Å². The lowest BCUT2D eigenvalue weighted by molar-refractivity contribution is -0.131. The van der Waals surface area contributed by atoms with E-state index in [1.807, 2.05) is 29.2 Å². The molecule has 1 N–H and O–H groups in total. The average Bonchev–Trinajstić information content (AvgIpc) is 3.28. The molecule has 134 valence electrons. The van der Waals surface area contributed by atoms with Crippen molar-refractivity contribution >= 4 is 16.9 Å². The minimum Gasteiger partial charge on any atom is -0.497 e. The van der Waals surface area contributed by atoms with E-state index in [0.29, 0.717) is 18.5 Å². The third-order valence-corrected chi connectivity index (χ3v) is 4.87. The summed E-state index contributed by atoms with van der Waals surface area (Å²) in [6.45, 7) is 0.713. The van der Waals surface area contributed by atoms with Gasteiger partial charge in [-0.3, -0.25) is 4.79 Å². The van der Waals surface area contributed by atoms with Gasteiger partial charge in [0.15, 0.2) is 0 Å². The summed E-state index contributed by atoms with van der Waals surface area (Å²) in [5.41, 5.74) is 2.33. The molecule has 0 unspecified atom stereocenters. The van der Waals surface area contributed by atoms with Gasteiger partial charge in [-0.1, -0.05) is 12.1 Å². The second-order valence-corrected chi connectivity index (χ2v) is 6.55. The number of aromatic amines is 1. The van der Waals surface area contributed by atoms with Crippen LogP contribution in [0, 0.1) is 5.82 Å². The van der Waals surface area contributed by atoms with Gasteiger partial charge in [0.05, 0.1) is 30.6 Å². The zero-order valence-electron chi connectivity index (χ0n) is 14.5. The molecule has 6 heteroatoms. The molecular formula is C20H20FN3O2. The number of halogens is 1. The highest BCUT2D eigenvalue weighted by Crippen LogP contribution is 2.32. The maximum absolute atomic E-state index is 13.4. The maximum atomic E-state index is 13.4. The van der Waals surface area contributed by atoms with Gasteiger partial charge in [-0.25, -0.2) is 9.37 Å². The summed E-state index contributed by atoms with van der Waals surface area (Å²) in [6.07, 6.45) is 2.14. The Labute approximate surface area is 150 Å². The highest BCUT2D eigenvalue weighted by molar-refractivity contribution is 5.80. The molecule has 0 aliphatic carbocycles. The summed E-state index contributed by atoms with van der Waals surface area (Å²) in [4.78, 5) is 22.4. The van der Waals surface area contributed by atoms with Crippen molar-refractivity contribution in [2.24, 2.45) is 0 Å². The summed E-state index contributed by atoms with van der Waals surface area (Å²) in [6, 6.07) is 11.9. The van der Waals surface area contributed by atoms with Gasteiger partial charge in [0.2, 0.25) is 5.91 Å². The van der Waals surface area contributed by atoms with Crippen molar-refractivity contribution in [3.05, 3.63) is 59.7 Å². The third kappa shape index (κ3) is 3.14. The van der Waals surface area contributed by atoms with E-state index in [1.54, 1.807) is 13.2 Å². The van der Waals surface area contributed by atoms with E-state index in [4.69, 9.17) is 4.74 Å². The largest absolute Gasteiger partial charge is 0.497 e. The molecule has 2 heterocycles. The van der Waals surface area contributed by atoms with E-state index in [0.717, 1.165) is 35.5 Å². The molecule has 1 amide bonds. The first kappa shape index (κ1) is 16.6. The van der Waals surface area contributed by atoms with Crippen molar-refractivity contribution in [1.29, 1.82) is 0 Å². The van der Waals surface area contributed by atoms with Crippen LogP contribution in [0.5, 0.6) is 5.75 Å². The van der Waals surface area contributed by atoms with Gasteiger partial charge in [-0.05, 0) is 48.7 Å². The fourth-order valence-corrected chi connectivity index (χ4v) is 3.53. The van der Waals surface area contributed by atoms with Gasteiger partial charge in [-0.2, -0.15) is 0 Å². The number of carbonyl (C=O) groups excluding carboxylic acids is 1. The monoisotopic (exact) mass is 353 g/mol. The van der Waals surface area contributed by atoms with Crippen LogP contribution in [0.2, 0.25) is 0 Å². The predicted octanol–water partition coefficient (Wildman–Crippen LogP) is 3.62. The van der Waals surface area contributed by atoms with Crippen LogP contribution in [0.3, 0.4) is 0 Å². The van der Waals surface area contributed by atoms with Crippen LogP contribution in [0.25, 0.3) is 11.0 Å². The number of aromatic nitrogens is 2. The Balaban J connectivity index is 1.53. The van der Waals surface area contributed by atoms with Gasteiger partial charge < -0.3 is 14.6 Å². The van der Waals surface area contributed by atoms with E-state index in [1.165, 1.54) is 12.1 Å². The van der Waals surface area contributed by atoms with Crippen LogP contribution in [-0.4, -0.2) is 34.4 Å². The first-order valence-corrected chi connectivity index (χ1v) is 8.71. The summed E-state index contributed by atoms with van der Waals surface area (Å²) < 4.78 is 18.6. The second kappa shape index (κ2) is 6.78. The number of imidazole rings is 1. The number of hydrogen-bond donors (Lipinski definition) is 1. The summed E-state index contributed by atoms with van der Waals surface area (Å²) in [7, 11) is 1.62. The van der Waals surface area contributed by atoms with Crippen molar-refractivity contribution in [2.75, 3.05) is 13.7 Å². The molecule has 3 aromatic rings. The van der Waals surface area contributed by atoms with Crippen molar-refractivity contribution in [3.63, 3.8) is 0 Å². The lowest BCUT2D eigenvalue weighted by Crippen LogP contribution is -2.32. The zero-order chi connectivity index (χ0) is 18.1. The Kier molecular flexibility index (Phi) is 4.32. The Morgan fingerprint density at radius 2 is 2.12 bits per heavy atom. The van der Waals surface area contributed by atoms with E-state index in [-0.39, 0.29) is 17.8 Å². The maximum Gasteiger partial charge on any atom is 0.227 e. The van der Waals surface area contributed by atoms with Crippen molar-refractivity contribution in [3.8, 4) is 5.75 Å². The fourth-order valence-electron chi connectivity index (χ4n) is 3.53. The van der Waals surface area contributed by atoms with Gasteiger partial charge in [0.25, 0.3) is 0 Å². The Hall–Kier alpha value is -2.89. The number of nitrogens with one attached hydrogen (secondary N) is 1. The van der Waals surface area contributed by atoms with Crippen LogP contribution in [0.4, 0.5) is 4.39 Å². The molecule has 5 nitrogen and oxygen atoms in total. The Morgan fingerprint density at radius 3 is 2.88 bits per heavy atom. The van der Waals surface area contributed by atoms with Gasteiger partial charge in [-0.15, -0.1) is 0 Å². The fraction of sp³-hybridized carbons (Fsp3) is 0.300. The lowest BCUT2D eigenvalue weighted by atomic mass is 10.1.